The third-order valence-corrected chi connectivity index (χ3v) is 3.55. The predicted molar refractivity (Wildman–Crippen MR) is 70.4 cm³/mol. The third-order valence-electron chi connectivity index (χ3n) is 3.21. The minimum absolute atomic E-state index is 0.297. The summed E-state index contributed by atoms with van der Waals surface area (Å²) in [6, 6.07) is 2.84. The number of furan rings is 1. The summed E-state index contributed by atoms with van der Waals surface area (Å²) >= 11 is 5.28. The second-order valence-corrected chi connectivity index (χ2v) is 4.84. The van der Waals surface area contributed by atoms with Crippen molar-refractivity contribution in [2.45, 2.75) is 25.7 Å². The molecule has 0 saturated heterocycles. The van der Waals surface area contributed by atoms with Gasteiger partial charge in [0.2, 0.25) is 0 Å². The van der Waals surface area contributed by atoms with Crippen molar-refractivity contribution in [2.75, 3.05) is 0 Å². The fourth-order valence-corrected chi connectivity index (χ4v) is 2.61. The molecule has 0 unspecified atom stereocenters. The largest absolute Gasteiger partial charge is 0.433 e. The lowest BCUT2D eigenvalue weighted by Gasteiger charge is -2.15. The maximum absolute atomic E-state index is 10.6. The Morgan fingerprint density at radius 1 is 1.37 bits per heavy atom. The van der Waals surface area contributed by atoms with Gasteiger partial charge in [0.25, 0.3) is 0 Å². The van der Waals surface area contributed by atoms with Gasteiger partial charge in [-0.2, -0.15) is 0 Å². The molecule has 2 heterocycles. The smallest absolute Gasteiger partial charge is 0.397 e. The molecule has 0 bridgehead atoms. The molecule has 0 atom stereocenters. The molecule has 0 radical (unpaired) electrons. The van der Waals surface area contributed by atoms with Crippen molar-refractivity contribution >= 4 is 18.1 Å². The van der Waals surface area contributed by atoms with Crippen LogP contribution in [0, 0.1) is 14.8 Å². The van der Waals surface area contributed by atoms with Gasteiger partial charge in [-0.05, 0) is 31.7 Å². The predicted octanol–water partition coefficient (Wildman–Crippen LogP) is 3.19. The van der Waals surface area contributed by atoms with Gasteiger partial charge in [0.15, 0.2) is 11.6 Å². The number of fused-ring (bicyclic) bond motifs is 1. The Bertz CT molecular complexity index is 704. The molecule has 19 heavy (non-hydrogen) atoms. The van der Waals surface area contributed by atoms with E-state index in [1.165, 1.54) is 12.1 Å². The van der Waals surface area contributed by atoms with Crippen molar-refractivity contribution in [1.29, 1.82) is 0 Å². The summed E-state index contributed by atoms with van der Waals surface area (Å²) in [4.78, 5) is 17.5. The molecular formula is C12H11N3O3S. The van der Waals surface area contributed by atoms with Crippen molar-refractivity contribution in [3.05, 3.63) is 38.1 Å². The number of aromatic amines is 1. The first-order chi connectivity index (χ1) is 9.15. The summed E-state index contributed by atoms with van der Waals surface area (Å²) in [5.74, 6) is 0.499. The lowest BCUT2D eigenvalue weighted by Crippen LogP contribution is -2.08. The van der Waals surface area contributed by atoms with Gasteiger partial charge in [0.1, 0.15) is 9.56 Å². The summed E-state index contributed by atoms with van der Waals surface area (Å²) in [5.41, 5.74) is 2.16. The Labute approximate surface area is 113 Å². The average Bonchev–Trinajstić information content (AvgIpc) is 2.88. The van der Waals surface area contributed by atoms with E-state index in [0.717, 1.165) is 36.9 Å². The molecule has 0 aromatic carbocycles. The standard InChI is InChI=1S/C12H11N3O3S/c16-15(17)10-6-5-9(18-10)11-13-8-4-2-1-3-7(8)12(19)14-11/h5-6H,1-4H2,(H,13,14,19). The van der Waals surface area contributed by atoms with Crippen LogP contribution in [0.25, 0.3) is 11.6 Å². The van der Waals surface area contributed by atoms with Crippen LogP contribution in [-0.2, 0) is 12.8 Å². The van der Waals surface area contributed by atoms with Crippen molar-refractivity contribution < 1.29 is 9.34 Å². The minimum Gasteiger partial charge on any atom is -0.397 e. The van der Waals surface area contributed by atoms with Gasteiger partial charge in [-0.25, -0.2) is 4.98 Å². The molecule has 6 nitrogen and oxygen atoms in total. The topological polar surface area (TPSA) is 85.0 Å². The maximum Gasteiger partial charge on any atom is 0.433 e. The molecule has 1 N–H and O–H groups in total. The second kappa shape index (κ2) is 4.58. The first-order valence-electron chi connectivity index (χ1n) is 6.02. The van der Waals surface area contributed by atoms with Gasteiger partial charge in [-0.1, -0.05) is 12.2 Å². The molecule has 0 aliphatic heterocycles. The number of nitrogens with zero attached hydrogens (tertiary/aromatic N) is 2. The van der Waals surface area contributed by atoms with Crippen molar-refractivity contribution in [1.82, 2.24) is 9.97 Å². The van der Waals surface area contributed by atoms with Crippen molar-refractivity contribution in [2.24, 2.45) is 0 Å². The maximum atomic E-state index is 10.6. The van der Waals surface area contributed by atoms with Gasteiger partial charge >= 0.3 is 5.88 Å². The number of rotatable bonds is 2. The summed E-state index contributed by atoms with van der Waals surface area (Å²) < 4.78 is 5.70. The van der Waals surface area contributed by atoms with Gasteiger partial charge < -0.3 is 9.40 Å². The number of nitrogens with one attached hydrogen (secondary N) is 1. The van der Waals surface area contributed by atoms with Crippen LogP contribution in [-0.4, -0.2) is 14.9 Å². The van der Waals surface area contributed by atoms with Crippen LogP contribution in [0.2, 0.25) is 0 Å². The molecule has 0 spiro atoms. The molecule has 0 fully saturated rings. The highest BCUT2D eigenvalue weighted by Gasteiger charge is 2.18. The van der Waals surface area contributed by atoms with E-state index in [-0.39, 0.29) is 5.88 Å². The zero-order valence-electron chi connectivity index (χ0n) is 10.0. The minimum atomic E-state index is -0.573. The fraction of sp³-hybridized carbons (Fsp3) is 0.333. The van der Waals surface area contributed by atoms with E-state index in [1.807, 2.05) is 0 Å². The number of aryl methyl sites for hydroxylation is 1. The Morgan fingerprint density at radius 3 is 2.89 bits per heavy atom. The van der Waals surface area contributed by atoms with Crippen LogP contribution in [0.3, 0.4) is 0 Å². The Kier molecular flexibility index (Phi) is 2.90. The summed E-state index contributed by atoms with van der Waals surface area (Å²) in [5, 5.41) is 10.6. The average molecular weight is 277 g/mol. The second-order valence-electron chi connectivity index (χ2n) is 4.45. The molecule has 1 aliphatic rings. The summed E-state index contributed by atoms with van der Waals surface area (Å²) in [6.07, 6.45) is 4.10. The van der Waals surface area contributed by atoms with E-state index in [0.29, 0.717) is 16.2 Å². The van der Waals surface area contributed by atoms with E-state index < -0.39 is 4.92 Å². The van der Waals surface area contributed by atoms with Crippen LogP contribution < -0.4 is 0 Å². The number of hydrogen-bond acceptors (Lipinski definition) is 5. The Hall–Kier alpha value is -2.02. The number of aromatic nitrogens is 2. The van der Waals surface area contributed by atoms with Crippen LogP contribution in [0.5, 0.6) is 0 Å². The van der Waals surface area contributed by atoms with E-state index in [2.05, 4.69) is 9.97 Å². The lowest BCUT2D eigenvalue weighted by molar-refractivity contribution is -0.401. The number of hydrogen-bond donors (Lipinski definition) is 1. The first kappa shape index (κ1) is 12.0. The highest BCUT2D eigenvalue weighted by Crippen LogP contribution is 2.26. The number of nitro groups is 1. The van der Waals surface area contributed by atoms with Gasteiger partial charge in [-0.15, -0.1) is 0 Å². The third kappa shape index (κ3) is 2.17. The van der Waals surface area contributed by atoms with Gasteiger partial charge in [-0.3, -0.25) is 10.1 Å². The summed E-state index contributed by atoms with van der Waals surface area (Å²) in [7, 11) is 0. The number of H-pyrrole nitrogens is 1. The first-order valence-corrected chi connectivity index (χ1v) is 6.42. The van der Waals surface area contributed by atoms with E-state index >= 15 is 0 Å². The molecule has 0 amide bonds. The van der Waals surface area contributed by atoms with E-state index in [1.54, 1.807) is 0 Å². The zero-order chi connectivity index (χ0) is 13.4. The molecule has 7 heteroatoms. The van der Waals surface area contributed by atoms with E-state index in [4.69, 9.17) is 16.6 Å². The molecule has 98 valence electrons. The van der Waals surface area contributed by atoms with E-state index in [9.17, 15) is 10.1 Å². The molecular weight excluding hydrogens is 266 g/mol. The quantitative estimate of drug-likeness (QED) is 0.517. The highest BCUT2D eigenvalue weighted by atomic mass is 32.1. The lowest BCUT2D eigenvalue weighted by atomic mass is 9.97. The SMILES string of the molecule is O=[N+]([O-])c1ccc(-c2nc(=S)c3c([nH]2)CCCC3)o1. The summed E-state index contributed by atoms with van der Waals surface area (Å²) in [6.45, 7) is 0. The van der Waals surface area contributed by atoms with Gasteiger partial charge in [0, 0.05) is 11.3 Å². The molecule has 1 aliphatic carbocycles. The monoisotopic (exact) mass is 277 g/mol. The van der Waals surface area contributed by atoms with Crippen LogP contribution in [0.15, 0.2) is 16.5 Å². The molecule has 0 saturated carbocycles. The van der Waals surface area contributed by atoms with Crippen molar-refractivity contribution in [3.8, 4) is 11.6 Å². The normalized spacial score (nSPS) is 14.1. The van der Waals surface area contributed by atoms with Crippen molar-refractivity contribution in [3.63, 3.8) is 0 Å². The highest BCUT2D eigenvalue weighted by molar-refractivity contribution is 7.71. The molecule has 2 aromatic heterocycles. The molecule has 2 aromatic rings. The zero-order valence-corrected chi connectivity index (χ0v) is 10.8. The fourth-order valence-electron chi connectivity index (χ4n) is 2.29. The van der Waals surface area contributed by atoms with Crippen LogP contribution in [0.4, 0.5) is 5.88 Å². The van der Waals surface area contributed by atoms with Crippen LogP contribution in [0.1, 0.15) is 24.1 Å². The van der Waals surface area contributed by atoms with Gasteiger partial charge in [0.05, 0.1) is 6.07 Å². The Morgan fingerprint density at radius 2 is 2.16 bits per heavy atom. The van der Waals surface area contributed by atoms with Crippen LogP contribution >= 0.6 is 12.2 Å². The Balaban J connectivity index is 2.07. The molecule has 3 rings (SSSR count).